The molecule has 23 heavy (non-hydrogen) atoms. The summed E-state index contributed by atoms with van der Waals surface area (Å²) in [6, 6.07) is 0. The second kappa shape index (κ2) is 10.7. The van der Waals surface area contributed by atoms with Gasteiger partial charge in [-0.25, -0.2) is 13.1 Å². The molecular weight excluding hydrogens is 431 g/mol. The Morgan fingerprint density at radius 2 is 1.96 bits per heavy atom. The Kier molecular flexibility index (Phi) is 9.71. The molecule has 2 rings (SSSR count). The summed E-state index contributed by atoms with van der Waals surface area (Å²) in [7, 11) is -1.53. The summed E-state index contributed by atoms with van der Waals surface area (Å²) in [5.41, 5.74) is 0. The molecule has 0 bridgehead atoms. The number of nitrogens with one attached hydrogen (secondary N) is 3. The van der Waals surface area contributed by atoms with Crippen LogP contribution in [-0.2, 0) is 14.8 Å². The normalized spacial score (nSPS) is 22.3. The molecule has 1 unspecified atom stereocenters. The van der Waals surface area contributed by atoms with Gasteiger partial charge < -0.3 is 15.4 Å². The first-order chi connectivity index (χ1) is 10.6. The van der Waals surface area contributed by atoms with Crippen molar-refractivity contribution < 1.29 is 13.2 Å². The fraction of sp³-hybridized carbons (Fsp3) is 0.929. The SMILES string of the molecule is CN=C(NCCS(=O)(=O)NCC1CCC1)NCC1CCCO1.I. The molecule has 1 aliphatic carbocycles. The molecule has 9 heteroatoms. The van der Waals surface area contributed by atoms with Crippen LogP contribution in [0.5, 0.6) is 0 Å². The van der Waals surface area contributed by atoms with Crippen LogP contribution in [0.3, 0.4) is 0 Å². The van der Waals surface area contributed by atoms with Gasteiger partial charge in [0, 0.05) is 33.3 Å². The first kappa shape index (κ1) is 20.9. The Morgan fingerprint density at radius 1 is 1.17 bits per heavy atom. The largest absolute Gasteiger partial charge is 0.376 e. The Hall–Kier alpha value is -0.130. The van der Waals surface area contributed by atoms with Crippen LogP contribution < -0.4 is 15.4 Å². The van der Waals surface area contributed by atoms with Crippen molar-refractivity contribution in [3.05, 3.63) is 0 Å². The van der Waals surface area contributed by atoms with Gasteiger partial charge in [0.15, 0.2) is 5.96 Å². The van der Waals surface area contributed by atoms with E-state index in [0.29, 0.717) is 31.5 Å². The predicted molar refractivity (Wildman–Crippen MR) is 103 cm³/mol. The maximum absolute atomic E-state index is 11.9. The first-order valence-electron chi connectivity index (χ1n) is 8.12. The molecule has 1 atom stereocenters. The van der Waals surface area contributed by atoms with Crippen molar-refractivity contribution in [3.63, 3.8) is 0 Å². The lowest BCUT2D eigenvalue weighted by Gasteiger charge is -2.25. The number of aliphatic imine (C=N–C) groups is 1. The topological polar surface area (TPSA) is 91.8 Å². The number of sulfonamides is 1. The van der Waals surface area contributed by atoms with E-state index in [4.69, 9.17) is 4.74 Å². The third kappa shape index (κ3) is 7.99. The maximum atomic E-state index is 11.9. The zero-order valence-corrected chi connectivity index (χ0v) is 16.9. The average molecular weight is 460 g/mol. The van der Waals surface area contributed by atoms with Crippen molar-refractivity contribution in [2.45, 2.75) is 38.2 Å². The molecule has 0 spiro atoms. The van der Waals surface area contributed by atoms with E-state index >= 15 is 0 Å². The lowest BCUT2D eigenvalue weighted by molar-refractivity contribution is 0.114. The van der Waals surface area contributed by atoms with Gasteiger partial charge in [0.2, 0.25) is 10.0 Å². The Bertz CT molecular complexity index is 463. The number of halogens is 1. The van der Waals surface area contributed by atoms with E-state index in [-0.39, 0.29) is 35.8 Å². The lowest BCUT2D eigenvalue weighted by Crippen LogP contribution is -2.44. The van der Waals surface area contributed by atoms with Crippen LogP contribution >= 0.6 is 24.0 Å². The van der Waals surface area contributed by atoms with Crippen molar-refractivity contribution >= 4 is 40.0 Å². The van der Waals surface area contributed by atoms with Gasteiger partial charge in [0.1, 0.15) is 0 Å². The molecule has 0 radical (unpaired) electrons. The molecule has 0 aromatic carbocycles. The zero-order valence-electron chi connectivity index (χ0n) is 13.7. The summed E-state index contributed by atoms with van der Waals surface area (Å²) >= 11 is 0. The zero-order chi connectivity index (χ0) is 15.8. The number of hydrogen-bond donors (Lipinski definition) is 3. The van der Waals surface area contributed by atoms with Crippen molar-refractivity contribution in [1.82, 2.24) is 15.4 Å². The monoisotopic (exact) mass is 460 g/mol. The molecule has 2 aliphatic rings. The van der Waals surface area contributed by atoms with E-state index in [1.54, 1.807) is 7.05 Å². The van der Waals surface area contributed by atoms with E-state index in [2.05, 4.69) is 20.3 Å². The van der Waals surface area contributed by atoms with Crippen LogP contribution in [0.1, 0.15) is 32.1 Å². The number of guanidine groups is 1. The molecule has 3 N–H and O–H groups in total. The van der Waals surface area contributed by atoms with Gasteiger partial charge in [-0.15, -0.1) is 24.0 Å². The minimum Gasteiger partial charge on any atom is -0.376 e. The van der Waals surface area contributed by atoms with Gasteiger partial charge in [-0.1, -0.05) is 6.42 Å². The van der Waals surface area contributed by atoms with E-state index in [0.717, 1.165) is 32.3 Å². The number of nitrogens with zero attached hydrogens (tertiary/aromatic N) is 1. The fourth-order valence-electron chi connectivity index (χ4n) is 2.55. The van der Waals surface area contributed by atoms with E-state index < -0.39 is 10.0 Å². The van der Waals surface area contributed by atoms with Crippen LogP contribution in [-0.4, -0.2) is 59.5 Å². The van der Waals surface area contributed by atoms with Crippen molar-refractivity contribution in [3.8, 4) is 0 Å². The van der Waals surface area contributed by atoms with Crippen LogP contribution in [0.4, 0.5) is 0 Å². The summed E-state index contributed by atoms with van der Waals surface area (Å²) in [4.78, 5) is 4.09. The smallest absolute Gasteiger partial charge is 0.213 e. The van der Waals surface area contributed by atoms with Crippen molar-refractivity contribution in [2.24, 2.45) is 10.9 Å². The van der Waals surface area contributed by atoms with Gasteiger partial charge in [0.05, 0.1) is 11.9 Å². The van der Waals surface area contributed by atoms with Gasteiger partial charge in [-0.2, -0.15) is 0 Å². The number of hydrogen-bond acceptors (Lipinski definition) is 4. The van der Waals surface area contributed by atoms with Gasteiger partial charge >= 0.3 is 0 Å². The average Bonchev–Trinajstić information content (AvgIpc) is 2.93. The van der Waals surface area contributed by atoms with E-state index in [9.17, 15) is 8.42 Å². The summed E-state index contributed by atoms with van der Waals surface area (Å²) in [5, 5.41) is 6.19. The Balaban J connectivity index is 0.00000264. The van der Waals surface area contributed by atoms with Crippen LogP contribution in [0.2, 0.25) is 0 Å². The number of rotatable bonds is 8. The summed E-state index contributed by atoms with van der Waals surface area (Å²) < 4.78 is 32.0. The second-order valence-electron chi connectivity index (χ2n) is 5.98. The third-order valence-corrected chi connectivity index (χ3v) is 5.57. The van der Waals surface area contributed by atoms with Gasteiger partial charge in [-0.3, -0.25) is 4.99 Å². The summed E-state index contributed by atoms with van der Waals surface area (Å²) in [6.07, 6.45) is 5.89. The van der Waals surface area contributed by atoms with Crippen molar-refractivity contribution in [2.75, 3.05) is 39.0 Å². The maximum Gasteiger partial charge on any atom is 0.213 e. The fourth-order valence-corrected chi connectivity index (χ4v) is 3.56. The molecule has 1 heterocycles. The number of ether oxygens (including phenoxy) is 1. The van der Waals surface area contributed by atoms with Crippen LogP contribution in [0.25, 0.3) is 0 Å². The molecule has 7 nitrogen and oxygen atoms in total. The molecule has 136 valence electrons. The molecule has 0 aromatic heterocycles. The molecule has 1 aliphatic heterocycles. The minimum absolute atomic E-state index is 0. The van der Waals surface area contributed by atoms with Gasteiger partial charge in [0.25, 0.3) is 0 Å². The first-order valence-corrected chi connectivity index (χ1v) is 9.78. The summed E-state index contributed by atoms with van der Waals surface area (Å²) in [5.74, 6) is 1.20. The molecule has 0 aromatic rings. The highest BCUT2D eigenvalue weighted by molar-refractivity contribution is 14.0. The molecule has 2 fully saturated rings. The Labute approximate surface area is 156 Å². The molecule has 1 saturated carbocycles. The Morgan fingerprint density at radius 3 is 2.52 bits per heavy atom. The third-order valence-electron chi connectivity index (χ3n) is 4.22. The molecule has 1 saturated heterocycles. The van der Waals surface area contributed by atoms with E-state index in [1.165, 1.54) is 6.42 Å². The standard InChI is InChI=1S/C14H28N4O3S.HI/c1-15-14(17-11-13-6-3-8-21-13)16-7-9-22(19,20)18-10-12-4-2-5-12;/h12-13,18H,2-11H2,1H3,(H2,15,16,17);1H. The molecular formula is C14H29IN4O3S. The molecule has 0 amide bonds. The predicted octanol–water partition coefficient (Wildman–Crippen LogP) is 0.668. The highest BCUT2D eigenvalue weighted by Crippen LogP contribution is 2.25. The van der Waals surface area contributed by atoms with Gasteiger partial charge in [-0.05, 0) is 31.6 Å². The highest BCUT2D eigenvalue weighted by atomic mass is 127. The van der Waals surface area contributed by atoms with Crippen molar-refractivity contribution in [1.29, 1.82) is 0 Å². The van der Waals surface area contributed by atoms with E-state index in [1.807, 2.05) is 0 Å². The quantitative estimate of drug-likeness (QED) is 0.282. The highest BCUT2D eigenvalue weighted by Gasteiger charge is 2.20. The second-order valence-corrected chi connectivity index (χ2v) is 7.91. The van der Waals surface area contributed by atoms with Crippen LogP contribution in [0, 0.1) is 5.92 Å². The lowest BCUT2D eigenvalue weighted by atomic mass is 9.86. The summed E-state index contributed by atoms with van der Waals surface area (Å²) in [6.45, 7) is 2.44. The minimum atomic E-state index is -3.21. The van der Waals surface area contributed by atoms with Crippen LogP contribution in [0.15, 0.2) is 4.99 Å².